The fraction of sp³-hybridized carbons (Fsp3) is 0.308. The van der Waals surface area contributed by atoms with E-state index in [1.807, 2.05) is 12.1 Å². The van der Waals surface area contributed by atoms with E-state index in [9.17, 15) is 26.3 Å². The van der Waals surface area contributed by atoms with Crippen molar-refractivity contribution in [2.75, 3.05) is 4.23 Å². The molecule has 3 aromatic rings. The Balaban J connectivity index is 1.76. The van der Waals surface area contributed by atoms with Gasteiger partial charge in [0.2, 0.25) is 0 Å². The van der Waals surface area contributed by atoms with Crippen LogP contribution in [0.3, 0.4) is 0 Å². The molecule has 0 aliphatic carbocycles. The number of hydrogen-bond donors (Lipinski definition) is 0. The first-order valence-electron chi connectivity index (χ1n) is 11.6. The average molecular weight is 556 g/mol. The third-order valence-electron chi connectivity index (χ3n) is 6.83. The van der Waals surface area contributed by atoms with Crippen molar-refractivity contribution in [1.82, 2.24) is 0 Å². The zero-order chi connectivity index (χ0) is 26.5. The van der Waals surface area contributed by atoms with Gasteiger partial charge in [0.25, 0.3) is 0 Å². The largest absolute Gasteiger partial charge is 0.424 e. The second kappa shape index (κ2) is 9.33. The molecular formula is C26H28F6NPSi2. The Morgan fingerprint density at radius 2 is 0.861 bits per heavy atom. The molecule has 1 aliphatic rings. The van der Waals surface area contributed by atoms with Gasteiger partial charge in [-0.05, 0) is 72.3 Å². The van der Waals surface area contributed by atoms with Gasteiger partial charge in [0.1, 0.15) is 16.5 Å². The van der Waals surface area contributed by atoms with Crippen LogP contribution in [0.5, 0.6) is 0 Å². The molecule has 3 aromatic carbocycles. The Kier molecular flexibility index (Phi) is 6.99. The van der Waals surface area contributed by atoms with Crippen molar-refractivity contribution in [3.63, 3.8) is 0 Å². The molecule has 0 spiro atoms. The maximum absolute atomic E-state index is 13.1. The highest BCUT2D eigenvalue weighted by atomic mass is 31.1. The van der Waals surface area contributed by atoms with Crippen LogP contribution in [-0.4, -0.2) is 16.5 Å². The maximum Gasteiger partial charge on any atom is 0.416 e. The molecule has 1 nitrogen and oxygen atoms in total. The standard InChI is InChI=1S/C26H28F6NPSi2/c1-35(2)17-18-36(3,4)33(35)21-9-15-24(16-10-21)34(22-11-5-19(6-12-22)25(27,28)29)23-13-7-20(8-14-23)26(30,31)32/h5-16H,17-18H2,1-4H3. The molecule has 0 atom stereocenters. The highest BCUT2D eigenvalue weighted by Gasteiger charge is 2.47. The summed E-state index contributed by atoms with van der Waals surface area (Å²) in [5, 5.41) is 2.18. The Bertz CT molecular complexity index is 1130. The molecule has 10 heteroatoms. The molecule has 192 valence electrons. The quantitative estimate of drug-likeness (QED) is 0.181. The van der Waals surface area contributed by atoms with Gasteiger partial charge in [-0.25, -0.2) is 0 Å². The van der Waals surface area contributed by atoms with Gasteiger partial charge in [0.05, 0.1) is 11.1 Å². The predicted molar refractivity (Wildman–Crippen MR) is 142 cm³/mol. The number of benzene rings is 3. The summed E-state index contributed by atoms with van der Waals surface area (Å²) in [6.45, 7) is 9.50. The van der Waals surface area contributed by atoms with Crippen molar-refractivity contribution in [3.8, 4) is 0 Å². The smallest absolute Gasteiger partial charge is 0.416 e. The number of hydrogen-bond acceptors (Lipinski definition) is 1. The van der Waals surface area contributed by atoms with Crippen molar-refractivity contribution < 1.29 is 26.3 Å². The summed E-state index contributed by atoms with van der Waals surface area (Å²) in [7, 11) is -4.50. The first-order chi connectivity index (χ1) is 16.6. The SMILES string of the molecule is C[Si]1(C)CC[Si](C)(C)N1c1ccc(P(c2ccc(C(F)(F)F)cc2)c2ccc(C(F)(F)F)cc2)cc1. The van der Waals surface area contributed by atoms with Crippen LogP contribution in [0.2, 0.25) is 38.3 Å². The van der Waals surface area contributed by atoms with E-state index < -0.39 is 47.9 Å². The van der Waals surface area contributed by atoms with Crippen LogP contribution < -0.4 is 20.1 Å². The minimum atomic E-state index is -4.46. The third-order valence-corrected chi connectivity index (χ3v) is 19.3. The van der Waals surface area contributed by atoms with Crippen molar-refractivity contribution in [3.05, 3.63) is 83.9 Å². The molecule has 0 unspecified atom stereocenters. The molecule has 1 heterocycles. The van der Waals surface area contributed by atoms with Gasteiger partial charge in [-0.2, -0.15) is 26.3 Å². The molecule has 1 aliphatic heterocycles. The Hall–Kier alpha value is -2.10. The van der Waals surface area contributed by atoms with Crippen LogP contribution in [0, 0.1) is 0 Å². The summed E-state index contributed by atoms with van der Waals surface area (Å²) in [4.78, 5) is 0. The van der Waals surface area contributed by atoms with E-state index in [0.717, 1.165) is 29.6 Å². The molecule has 0 radical (unpaired) electrons. The molecule has 0 bridgehead atoms. The highest BCUT2D eigenvalue weighted by molar-refractivity contribution is 7.79. The van der Waals surface area contributed by atoms with Gasteiger partial charge in [-0.15, -0.1) is 0 Å². The summed E-state index contributed by atoms with van der Waals surface area (Å²) in [5.74, 6) is 0. The van der Waals surface area contributed by atoms with E-state index in [1.165, 1.54) is 42.0 Å². The minimum Gasteiger partial charge on any atom is -0.424 e. The van der Waals surface area contributed by atoms with Gasteiger partial charge < -0.3 is 4.23 Å². The first-order valence-corrected chi connectivity index (χ1v) is 19.3. The second-order valence-corrected chi connectivity index (χ2v) is 22.2. The van der Waals surface area contributed by atoms with Crippen LogP contribution in [0.1, 0.15) is 11.1 Å². The minimum absolute atomic E-state index is 0.649. The Labute approximate surface area is 211 Å². The van der Waals surface area contributed by atoms with Crippen molar-refractivity contribution in [2.24, 2.45) is 0 Å². The molecule has 1 saturated heterocycles. The third kappa shape index (κ3) is 5.43. The van der Waals surface area contributed by atoms with Crippen LogP contribution in [0.25, 0.3) is 0 Å². The van der Waals surface area contributed by atoms with Gasteiger partial charge in [0.15, 0.2) is 0 Å². The normalized spacial score (nSPS) is 17.6. The number of nitrogens with zero attached hydrogens (tertiary/aromatic N) is 1. The second-order valence-electron chi connectivity index (χ2n) is 10.4. The van der Waals surface area contributed by atoms with Crippen molar-refractivity contribution in [1.29, 1.82) is 0 Å². The molecule has 0 saturated carbocycles. The zero-order valence-corrected chi connectivity index (χ0v) is 23.4. The molecule has 1 fully saturated rings. The van der Waals surface area contributed by atoms with Crippen molar-refractivity contribution in [2.45, 2.75) is 50.6 Å². The van der Waals surface area contributed by atoms with E-state index in [2.05, 4.69) is 42.6 Å². The zero-order valence-electron chi connectivity index (χ0n) is 20.5. The van der Waals surface area contributed by atoms with Crippen LogP contribution in [0.4, 0.5) is 32.0 Å². The van der Waals surface area contributed by atoms with E-state index in [1.54, 1.807) is 0 Å². The average Bonchev–Trinajstić information content (AvgIpc) is 3.01. The topological polar surface area (TPSA) is 3.24 Å². The molecule has 0 amide bonds. The highest BCUT2D eigenvalue weighted by Crippen LogP contribution is 2.42. The fourth-order valence-electron chi connectivity index (χ4n) is 5.15. The molecule has 4 rings (SSSR count). The van der Waals surface area contributed by atoms with E-state index in [0.29, 0.717) is 10.6 Å². The first kappa shape index (κ1) is 27.0. The fourth-order valence-corrected chi connectivity index (χ4v) is 21.7. The monoisotopic (exact) mass is 555 g/mol. The number of alkyl halides is 6. The van der Waals surface area contributed by atoms with Crippen LogP contribution >= 0.6 is 7.92 Å². The molecule has 0 aromatic heterocycles. The summed E-state index contributed by atoms with van der Waals surface area (Å²) >= 11 is 0. The lowest BCUT2D eigenvalue weighted by Gasteiger charge is -2.41. The number of anilines is 1. The predicted octanol–water partition coefficient (Wildman–Crippen LogP) is 7.71. The molecular weight excluding hydrogens is 527 g/mol. The van der Waals surface area contributed by atoms with Crippen LogP contribution in [0.15, 0.2) is 72.8 Å². The molecule has 0 N–H and O–H groups in total. The van der Waals surface area contributed by atoms with Gasteiger partial charge in [-0.1, -0.05) is 62.6 Å². The Morgan fingerprint density at radius 3 is 1.17 bits per heavy atom. The summed E-state index contributed by atoms with van der Waals surface area (Å²) in [6.07, 6.45) is -8.92. The Morgan fingerprint density at radius 1 is 0.556 bits per heavy atom. The van der Waals surface area contributed by atoms with Gasteiger partial charge in [0, 0.05) is 5.69 Å². The summed E-state index contributed by atoms with van der Waals surface area (Å²) in [5.41, 5.74) is -0.339. The lowest BCUT2D eigenvalue weighted by molar-refractivity contribution is -0.138. The van der Waals surface area contributed by atoms with Crippen LogP contribution in [-0.2, 0) is 12.4 Å². The van der Waals surface area contributed by atoms with E-state index in [-0.39, 0.29) is 0 Å². The van der Waals surface area contributed by atoms with Crippen molar-refractivity contribution >= 4 is 46.0 Å². The van der Waals surface area contributed by atoms with E-state index in [4.69, 9.17) is 0 Å². The van der Waals surface area contributed by atoms with Gasteiger partial charge in [-0.3, -0.25) is 0 Å². The summed E-state index contributed by atoms with van der Waals surface area (Å²) < 4.78 is 81.5. The number of rotatable bonds is 4. The van der Waals surface area contributed by atoms with E-state index >= 15 is 0 Å². The lowest BCUT2D eigenvalue weighted by atomic mass is 10.2. The van der Waals surface area contributed by atoms with Gasteiger partial charge >= 0.3 is 12.4 Å². The molecule has 36 heavy (non-hydrogen) atoms. The summed E-state index contributed by atoms with van der Waals surface area (Å²) in [6, 6.07) is 20.5. The lowest BCUT2D eigenvalue weighted by Crippen LogP contribution is -2.55. The number of halogens is 6. The maximum atomic E-state index is 13.1.